The van der Waals surface area contributed by atoms with Crippen molar-refractivity contribution in [3.8, 4) is 0 Å². The van der Waals surface area contributed by atoms with Gasteiger partial charge in [0.05, 0.1) is 21.9 Å². The van der Waals surface area contributed by atoms with Crippen LogP contribution in [-0.4, -0.2) is 21.8 Å². The lowest BCUT2D eigenvalue weighted by atomic mass is 10.1. The minimum Gasteiger partial charge on any atom is -0.323 e. The second-order valence-corrected chi connectivity index (χ2v) is 6.11. The Labute approximate surface area is 149 Å². The summed E-state index contributed by atoms with van der Waals surface area (Å²) < 4.78 is 1.88. The lowest BCUT2D eigenvalue weighted by Crippen LogP contribution is -2.28. The molecule has 24 heavy (non-hydrogen) atoms. The van der Waals surface area contributed by atoms with Crippen LogP contribution in [0.5, 0.6) is 0 Å². The van der Waals surface area contributed by atoms with Crippen LogP contribution in [0.25, 0.3) is 5.70 Å². The summed E-state index contributed by atoms with van der Waals surface area (Å²) >= 11 is 11.8. The Kier molecular flexibility index (Phi) is 4.80. The van der Waals surface area contributed by atoms with Gasteiger partial charge in [-0.05, 0) is 38.1 Å². The number of amides is 1. The Balaban J connectivity index is 1.73. The average Bonchev–Trinajstić information content (AvgIpc) is 3.17. The highest BCUT2D eigenvalue weighted by Gasteiger charge is 2.26. The molecule has 0 aliphatic carbocycles. The summed E-state index contributed by atoms with van der Waals surface area (Å²) in [5.74, 6) is -0.309. The monoisotopic (exact) mass is 366 g/mol. The van der Waals surface area contributed by atoms with Gasteiger partial charge >= 0.3 is 0 Å². The Morgan fingerprint density at radius 1 is 1.42 bits per heavy atom. The highest BCUT2D eigenvalue weighted by molar-refractivity contribution is 6.42. The molecule has 0 bridgehead atoms. The summed E-state index contributed by atoms with van der Waals surface area (Å²) in [6.45, 7) is 4.77. The van der Waals surface area contributed by atoms with E-state index in [2.05, 4.69) is 15.9 Å². The van der Waals surface area contributed by atoms with Crippen molar-refractivity contribution >= 4 is 40.5 Å². The largest absolute Gasteiger partial charge is 0.323 e. The zero-order chi connectivity index (χ0) is 17.3. The SMILES string of the molecule is CCn1ncc(C2=C[C@H](C(=O)Nc3ccc(Cl)c(Cl)c3)ON2)c1C. The Bertz CT molecular complexity index is 816. The van der Waals surface area contributed by atoms with Gasteiger partial charge in [-0.3, -0.25) is 19.8 Å². The first kappa shape index (κ1) is 16.8. The van der Waals surface area contributed by atoms with E-state index in [0.29, 0.717) is 15.7 Å². The number of nitrogens with zero attached hydrogens (tertiary/aromatic N) is 2. The van der Waals surface area contributed by atoms with Crippen molar-refractivity contribution in [3.05, 3.63) is 51.8 Å². The summed E-state index contributed by atoms with van der Waals surface area (Å²) in [4.78, 5) is 17.7. The number of rotatable bonds is 4. The molecular formula is C16H16Cl2N4O2. The first-order valence-electron chi connectivity index (χ1n) is 7.41. The summed E-state index contributed by atoms with van der Waals surface area (Å²) in [5, 5.41) is 7.83. The van der Waals surface area contributed by atoms with Gasteiger partial charge in [-0.15, -0.1) is 0 Å². The fraction of sp³-hybridized carbons (Fsp3) is 0.250. The zero-order valence-corrected chi connectivity index (χ0v) is 14.6. The molecule has 2 N–H and O–H groups in total. The second-order valence-electron chi connectivity index (χ2n) is 5.30. The van der Waals surface area contributed by atoms with Crippen molar-refractivity contribution < 1.29 is 9.63 Å². The third-order valence-electron chi connectivity index (χ3n) is 3.75. The molecule has 0 radical (unpaired) electrons. The van der Waals surface area contributed by atoms with Crippen LogP contribution >= 0.6 is 23.2 Å². The smallest absolute Gasteiger partial charge is 0.260 e. The molecule has 8 heteroatoms. The van der Waals surface area contributed by atoms with Crippen molar-refractivity contribution in [2.24, 2.45) is 0 Å². The van der Waals surface area contributed by atoms with Gasteiger partial charge in [0.1, 0.15) is 0 Å². The molecule has 6 nitrogen and oxygen atoms in total. The van der Waals surface area contributed by atoms with Crippen LogP contribution in [0, 0.1) is 6.92 Å². The molecule has 2 aromatic rings. The standard InChI is InChI=1S/C16H16Cl2N4O2/c1-3-22-9(2)11(8-19-22)14-7-15(24-21-14)16(23)20-10-4-5-12(17)13(18)6-10/h4-8,15,21H,3H2,1-2H3,(H,20,23)/t15-/m1/s1. The van der Waals surface area contributed by atoms with E-state index in [4.69, 9.17) is 28.0 Å². The predicted octanol–water partition coefficient (Wildman–Crippen LogP) is 3.40. The molecule has 0 spiro atoms. The molecule has 0 unspecified atom stereocenters. The molecule has 1 aromatic heterocycles. The number of anilines is 1. The van der Waals surface area contributed by atoms with E-state index in [0.717, 1.165) is 23.5 Å². The number of hydrogen-bond donors (Lipinski definition) is 2. The maximum absolute atomic E-state index is 12.3. The maximum Gasteiger partial charge on any atom is 0.260 e. The first-order valence-corrected chi connectivity index (χ1v) is 8.17. The fourth-order valence-corrected chi connectivity index (χ4v) is 2.74. The van der Waals surface area contributed by atoms with Crippen LogP contribution < -0.4 is 10.8 Å². The molecule has 126 valence electrons. The molecule has 3 rings (SSSR count). The number of carbonyl (C=O) groups excluding carboxylic acids is 1. The molecule has 1 aromatic carbocycles. The molecular weight excluding hydrogens is 351 g/mol. The summed E-state index contributed by atoms with van der Waals surface area (Å²) in [7, 11) is 0. The van der Waals surface area contributed by atoms with Crippen molar-refractivity contribution in [2.75, 3.05) is 5.32 Å². The van der Waals surface area contributed by atoms with Crippen LogP contribution in [0.15, 0.2) is 30.5 Å². The summed E-state index contributed by atoms with van der Waals surface area (Å²) in [6, 6.07) is 4.88. The van der Waals surface area contributed by atoms with Crippen LogP contribution in [0.2, 0.25) is 10.0 Å². The molecule has 1 amide bonds. The Morgan fingerprint density at radius 3 is 2.88 bits per heavy atom. The third kappa shape index (κ3) is 3.26. The Hall–Kier alpha value is -2.02. The van der Waals surface area contributed by atoms with Gasteiger partial charge in [-0.1, -0.05) is 23.2 Å². The minimum absolute atomic E-state index is 0.309. The molecule has 0 saturated carbocycles. The van der Waals surface area contributed by atoms with Gasteiger partial charge in [0.25, 0.3) is 5.91 Å². The van der Waals surface area contributed by atoms with Gasteiger partial charge in [0.15, 0.2) is 6.10 Å². The van der Waals surface area contributed by atoms with Crippen LogP contribution in [-0.2, 0) is 16.2 Å². The van der Waals surface area contributed by atoms with E-state index in [-0.39, 0.29) is 5.91 Å². The number of nitrogens with one attached hydrogen (secondary N) is 2. The predicted molar refractivity (Wildman–Crippen MR) is 93.7 cm³/mol. The molecule has 1 aliphatic heterocycles. The van der Waals surface area contributed by atoms with E-state index < -0.39 is 6.10 Å². The molecule has 1 atom stereocenters. The van der Waals surface area contributed by atoms with E-state index in [1.807, 2.05) is 18.5 Å². The average molecular weight is 367 g/mol. The second kappa shape index (κ2) is 6.84. The van der Waals surface area contributed by atoms with Crippen LogP contribution in [0.4, 0.5) is 5.69 Å². The lowest BCUT2D eigenvalue weighted by Gasteiger charge is -2.09. The van der Waals surface area contributed by atoms with Crippen molar-refractivity contribution in [1.29, 1.82) is 0 Å². The summed E-state index contributed by atoms with van der Waals surface area (Å²) in [5.41, 5.74) is 5.97. The molecule has 0 fully saturated rings. The minimum atomic E-state index is -0.751. The number of hydrogen-bond acceptors (Lipinski definition) is 4. The summed E-state index contributed by atoms with van der Waals surface area (Å²) in [6.07, 6.45) is 2.72. The van der Waals surface area contributed by atoms with Gasteiger partial charge < -0.3 is 5.32 Å². The van der Waals surface area contributed by atoms with E-state index >= 15 is 0 Å². The number of benzene rings is 1. The number of halogens is 2. The molecule has 2 heterocycles. The highest BCUT2D eigenvalue weighted by atomic mass is 35.5. The fourth-order valence-electron chi connectivity index (χ4n) is 2.44. The number of aromatic nitrogens is 2. The van der Waals surface area contributed by atoms with Crippen molar-refractivity contribution in [3.63, 3.8) is 0 Å². The number of hydroxylamine groups is 1. The van der Waals surface area contributed by atoms with E-state index in [1.54, 1.807) is 30.5 Å². The normalized spacial score (nSPS) is 16.7. The van der Waals surface area contributed by atoms with Gasteiger partial charge in [-0.25, -0.2) is 0 Å². The van der Waals surface area contributed by atoms with Gasteiger partial charge in [0.2, 0.25) is 0 Å². The van der Waals surface area contributed by atoms with E-state index in [9.17, 15) is 4.79 Å². The lowest BCUT2D eigenvalue weighted by molar-refractivity contribution is -0.125. The van der Waals surface area contributed by atoms with Crippen molar-refractivity contribution in [2.45, 2.75) is 26.5 Å². The number of carbonyl (C=O) groups is 1. The maximum atomic E-state index is 12.3. The number of aryl methyl sites for hydroxylation is 1. The van der Waals surface area contributed by atoms with Crippen molar-refractivity contribution in [1.82, 2.24) is 15.3 Å². The first-order chi connectivity index (χ1) is 11.5. The highest BCUT2D eigenvalue weighted by Crippen LogP contribution is 2.26. The zero-order valence-electron chi connectivity index (χ0n) is 13.1. The molecule has 0 saturated heterocycles. The third-order valence-corrected chi connectivity index (χ3v) is 4.49. The molecule has 1 aliphatic rings. The van der Waals surface area contributed by atoms with Gasteiger partial charge in [-0.2, -0.15) is 5.10 Å². The van der Waals surface area contributed by atoms with Gasteiger partial charge in [0, 0.05) is 23.5 Å². The Morgan fingerprint density at radius 2 is 2.21 bits per heavy atom. The topological polar surface area (TPSA) is 68.2 Å². The van der Waals surface area contributed by atoms with Crippen LogP contribution in [0.3, 0.4) is 0 Å². The van der Waals surface area contributed by atoms with Crippen LogP contribution in [0.1, 0.15) is 18.2 Å². The quantitative estimate of drug-likeness (QED) is 0.869. The van der Waals surface area contributed by atoms with E-state index in [1.165, 1.54) is 0 Å².